The Bertz CT molecular complexity index is 474. The summed E-state index contributed by atoms with van der Waals surface area (Å²) in [5.74, 6) is 0.818. The second kappa shape index (κ2) is 4.00. The van der Waals surface area contributed by atoms with Gasteiger partial charge >= 0.3 is 0 Å². The van der Waals surface area contributed by atoms with Crippen molar-refractivity contribution in [3.63, 3.8) is 0 Å². The van der Waals surface area contributed by atoms with Crippen LogP contribution in [0.3, 0.4) is 0 Å². The van der Waals surface area contributed by atoms with Gasteiger partial charge in [0.05, 0.1) is 0 Å². The van der Waals surface area contributed by atoms with Gasteiger partial charge in [-0.15, -0.1) is 0 Å². The van der Waals surface area contributed by atoms with E-state index in [1.807, 2.05) is 6.20 Å². The summed E-state index contributed by atoms with van der Waals surface area (Å²) in [5, 5.41) is 3.35. The maximum atomic E-state index is 4.19. The molecule has 1 aromatic heterocycles. The molecule has 0 atom stereocenters. The molecular weight excluding hydrogens is 198 g/mol. The van der Waals surface area contributed by atoms with Crippen LogP contribution in [0.2, 0.25) is 0 Å². The molecule has 1 aromatic carbocycles. The molecule has 3 heteroatoms. The van der Waals surface area contributed by atoms with Gasteiger partial charge in [-0.3, -0.25) is 0 Å². The van der Waals surface area contributed by atoms with Crippen LogP contribution in [-0.2, 0) is 12.8 Å². The first-order valence-corrected chi connectivity index (χ1v) is 5.80. The average Bonchev–Trinajstić information content (AvgIpc) is 2.82. The number of benzene rings is 1. The van der Waals surface area contributed by atoms with Gasteiger partial charge in [-0.2, -0.15) is 0 Å². The van der Waals surface area contributed by atoms with Gasteiger partial charge in [0.1, 0.15) is 0 Å². The number of nitrogens with one attached hydrogen (secondary N) is 2. The lowest BCUT2D eigenvalue weighted by molar-refractivity contribution is 0.687. The van der Waals surface area contributed by atoms with Crippen molar-refractivity contribution in [3.05, 3.63) is 41.7 Å². The molecule has 16 heavy (non-hydrogen) atoms. The van der Waals surface area contributed by atoms with Crippen molar-refractivity contribution in [3.8, 4) is 0 Å². The average molecular weight is 213 g/mol. The molecule has 0 unspecified atom stereocenters. The minimum Gasteiger partial charge on any atom is -0.331 e. The van der Waals surface area contributed by atoms with Crippen molar-refractivity contribution in [1.82, 2.24) is 9.97 Å². The molecule has 2 N–H and O–H groups in total. The second-order valence-electron chi connectivity index (χ2n) is 4.21. The quantitative estimate of drug-likeness (QED) is 0.805. The third kappa shape index (κ3) is 1.69. The molecule has 1 aliphatic carbocycles. The largest absolute Gasteiger partial charge is 0.331 e. The normalized spacial score (nSPS) is 14.5. The second-order valence-corrected chi connectivity index (χ2v) is 4.21. The molecule has 3 nitrogen and oxygen atoms in total. The molecule has 2 aromatic rings. The van der Waals surface area contributed by atoms with Crippen LogP contribution in [0.5, 0.6) is 0 Å². The Hall–Kier alpha value is -1.77. The molecule has 3 rings (SSSR count). The van der Waals surface area contributed by atoms with Crippen LogP contribution in [0.1, 0.15) is 24.0 Å². The lowest BCUT2D eigenvalue weighted by atomic mass is 9.90. The molecule has 0 radical (unpaired) electrons. The zero-order valence-corrected chi connectivity index (χ0v) is 9.16. The molecule has 0 spiro atoms. The number of anilines is 2. The summed E-state index contributed by atoms with van der Waals surface area (Å²) in [5.41, 5.74) is 4.15. The highest BCUT2D eigenvalue weighted by Gasteiger charge is 2.12. The topological polar surface area (TPSA) is 40.7 Å². The van der Waals surface area contributed by atoms with Gasteiger partial charge < -0.3 is 10.3 Å². The zero-order valence-electron chi connectivity index (χ0n) is 9.16. The summed E-state index contributed by atoms with van der Waals surface area (Å²) < 4.78 is 0. The number of fused-ring (bicyclic) bond motifs is 1. The van der Waals surface area contributed by atoms with E-state index in [9.17, 15) is 0 Å². The summed E-state index contributed by atoms with van der Waals surface area (Å²) in [7, 11) is 0. The smallest absolute Gasteiger partial charge is 0.204 e. The van der Waals surface area contributed by atoms with Gasteiger partial charge in [0.15, 0.2) is 0 Å². The minimum absolute atomic E-state index is 0.818. The third-order valence-corrected chi connectivity index (χ3v) is 3.15. The Morgan fingerprint density at radius 2 is 2.12 bits per heavy atom. The Kier molecular flexibility index (Phi) is 2.37. The highest BCUT2D eigenvalue weighted by Crippen LogP contribution is 2.28. The molecule has 0 saturated carbocycles. The molecule has 0 aliphatic heterocycles. The van der Waals surface area contributed by atoms with Crippen molar-refractivity contribution in [2.75, 3.05) is 5.32 Å². The van der Waals surface area contributed by atoms with Gasteiger partial charge in [0, 0.05) is 18.1 Å². The number of imidazole rings is 1. The van der Waals surface area contributed by atoms with E-state index < -0.39 is 0 Å². The summed E-state index contributed by atoms with van der Waals surface area (Å²) in [6.07, 6.45) is 8.60. The fourth-order valence-corrected chi connectivity index (χ4v) is 2.36. The molecule has 82 valence electrons. The fourth-order valence-electron chi connectivity index (χ4n) is 2.36. The van der Waals surface area contributed by atoms with Crippen LogP contribution < -0.4 is 5.32 Å². The van der Waals surface area contributed by atoms with E-state index in [1.165, 1.54) is 42.5 Å². The summed E-state index contributed by atoms with van der Waals surface area (Å²) in [6.45, 7) is 0. The molecule has 0 saturated heterocycles. The number of hydrogen-bond donors (Lipinski definition) is 2. The van der Waals surface area contributed by atoms with E-state index in [1.54, 1.807) is 6.20 Å². The highest BCUT2D eigenvalue weighted by molar-refractivity contribution is 5.61. The SMILES string of the molecule is c1cc2c(c(Nc3ncc[nH]3)c1)CCCC2. The van der Waals surface area contributed by atoms with E-state index in [4.69, 9.17) is 0 Å². The Morgan fingerprint density at radius 3 is 3.00 bits per heavy atom. The Morgan fingerprint density at radius 1 is 1.19 bits per heavy atom. The van der Waals surface area contributed by atoms with E-state index >= 15 is 0 Å². The highest BCUT2D eigenvalue weighted by atomic mass is 15.1. The molecule has 0 fully saturated rings. The first-order chi connectivity index (χ1) is 7.93. The fraction of sp³-hybridized carbons (Fsp3) is 0.308. The lowest BCUT2D eigenvalue weighted by Gasteiger charge is -2.19. The van der Waals surface area contributed by atoms with Crippen LogP contribution in [-0.4, -0.2) is 9.97 Å². The number of aromatic amines is 1. The summed E-state index contributed by atoms with van der Waals surface area (Å²) in [6, 6.07) is 6.49. The van der Waals surface area contributed by atoms with Gasteiger partial charge in [-0.25, -0.2) is 4.98 Å². The lowest BCUT2D eigenvalue weighted by Crippen LogP contribution is -2.06. The van der Waals surface area contributed by atoms with Gasteiger partial charge in [-0.05, 0) is 42.9 Å². The van der Waals surface area contributed by atoms with Crippen LogP contribution in [0.15, 0.2) is 30.6 Å². The van der Waals surface area contributed by atoms with E-state index in [-0.39, 0.29) is 0 Å². The van der Waals surface area contributed by atoms with Gasteiger partial charge in [0.25, 0.3) is 0 Å². The number of nitrogens with zero attached hydrogens (tertiary/aromatic N) is 1. The maximum absolute atomic E-state index is 4.19. The van der Waals surface area contributed by atoms with Crippen molar-refractivity contribution < 1.29 is 0 Å². The maximum Gasteiger partial charge on any atom is 0.204 e. The first kappa shape index (κ1) is 9.46. The summed E-state index contributed by atoms with van der Waals surface area (Å²) >= 11 is 0. The molecule has 1 aliphatic rings. The van der Waals surface area contributed by atoms with Crippen molar-refractivity contribution in [2.24, 2.45) is 0 Å². The van der Waals surface area contributed by atoms with Crippen LogP contribution >= 0.6 is 0 Å². The number of rotatable bonds is 2. The van der Waals surface area contributed by atoms with Crippen LogP contribution in [0.25, 0.3) is 0 Å². The number of H-pyrrole nitrogens is 1. The van der Waals surface area contributed by atoms with Gasteiger partial charge in [0.2, 0.25) is 5.95 Å². The molecule has 0 bridgehead atoms. The number of aryl methyl sites for hydroxylation is 1. The van der Waals surface area contributed by atoms with Crippen molar-refractivity contribution in [1.29, 1.82) is 0 Å². The Balaban J connectivity index is 1.94. The van der Waals surface area contributed by atoms with Crippen molar-refractivity contribution >= 4 is 11.6 Å². The van der Waals surface area contributed by atoms with E-state index in [0.717, 1.165) is 5.95 Å². The number of aromatic nitrogens is 2. The van der Waals surface area contributed by atoms with Gasteiger partial charge in [-0.1, -0.05) is 12.1 Å². The van der Waals surface area contributed by atoms with Crippen LogP contribution in [0, 0.1) is 0 Å². The van der Waals surface area contributed by atoms with E-state index in [2.05, 4.69) is 33.5 Å². The molecule has 0 amide bonds. The summed E-state index contributed by atoms with van der Waals surface area (Å²) in [4.78, 5) is 7.26. The molecular formula is C13H15N3. The standard InChI is InChI=1S/C13H15N3/c1-2-6-11-10(4-1)5-3-7-12(11)16-13-14-8-9-15-13/h3,5,7-9H,1-2,4,6H2,(H2,14,15,16). The minimum atomic E-state index is 0.818. The zero-order chi connectivity index (χ0) is 10.8. The number of hydrogen-bond acceptors (Lipinski definition) is 2. The predicted molar refractivity (Wildman–Crippen MR) is 65.0 cm³/mol. The molecule has 1 heterocycles. The van der Waals surface area contributed by atoms with Crippen LogP contribution in [0.4, 0.5) is 11.6 Å². The van der Waals surface area contributed by atoms with Crippen molar-refractivity contribution in [2.45, 2.75) is 25.7 Å². The predicted octanol–water partition coefficient (Wildman–Crippen LogP) is 3.03. The monoisotopic (exact) mass is 213 g/mol. The Labute approximate surface area is 94.9 Å². The third-order valence-electron chi connectivity index (χ3n) is 3.15. The first-order valence-electron chi connectivity index (χ1n) is 5.80. The van der Waals surface area contributed by atoms with E-state index in [0.29, 0.717) is 0 Å².